The predicted molar refractivity (Wildman–Crippen MR) is 120 cm³/mol. The topological polar surface area (TPSA) is 92.4 Å². The molecule has 30 heavy (non-hydrogen) atoms. The number of nitrogens with two attached hydrogens (primary N) is 1. The van der Waals surface area contributed by atoms with Gasteiger partial charge in [-0.3, -0.25) is 9.59 Å². The Labute approximate surface area is 182 Å². The summed E-state index contributed by atoms with van der Waals surface area (Å²) in [7, 11) is 0. The fraction of sp³-hybridized carbons (Fsp3) is 0.238. The van der Waals surface area contributed by atoms with Gasteiger partial charge in [-0.05, 0) is 23.3 Å². The minimum absolute atomic E-state index is 0.0456. The number of aromatic nitrogens is 2. The maximum Gasteiger partial charge on any atom is 0.253 e. The van der Waals surface area contributed by atoms with E-state index in [-0.39, 0.29) is 17.6 Å². The minimum Gasteiger partial charge on any atom is -0.369 e. The molecule has 0 radical (unpaired) electrons. The SMILES string of the molecule is NC(=O)CSc1nnc(N2CCN(C(=O)c3ccc(-c4ccccc4)cc3)CC2)s1. The third-order valence-electron chi connectivity index (χ3n) is 4.81. The fourth-order valence-electron chi connectivity index (χ4n) is 3.24. The van der Waals surface area contributed by atoms with Crippen LogP contribution in [-0.2, 0) is 4.79 Å². The van der Waals surface area contributed by atoms with Crippen LogP contribution in [0.2, 0.25) is 0 Å². The smallest absolute Gasteiger partial charge is 0.253 e. The number of thioether (sulfide) groups is 1. The molecule has 2 amide bonds. The number of rotatable bonds is 6. The Balaban J connectivity index is 1.34. The Bertz CT molecular complexity index is 1020. The van der Waals surface area contributed by atoms with Crippen LogP contribution in [0.25, 0.3) is 11.1 Å². The number of hydrogen-bond acceptors (Lipinski definition) is 7. The lowest BCUT2D eigenvalue weighted by Crippen LogP contribution is -2.48. The van der Waals surface area contributed by atoms with Crippen molar-refractivity contribution in [2.75, 3.05) is 36.8 Å². The summed E-state index contributed by atoms with van der Waals surface area (Å²) >= 11 is 2.74. The minimum atomic E-state index is -0.374. The highest BCUT2D eigenvalue weighted by molar-refractivity contribution is 8.01. The molecule has 4 rings (SSSR count). The molecule has 7 nitrogen and oxygen atoms in total. The predicted octanol–water partition coefficient (Wildman–Crippen LogP) is 2.74. The molecular formula is C21H21N5O2S2. The molecule has 0 saturated carbocycles. The number of piperazine rings is 1. The Morgan fingerprint density at radius 1 is 0.933 bits per heavy atom. The first kappa shape index (κ1) is 20.4. The van der Waals surface area contributed by atoms with Crippen LogP contribution in [0.3, 0.4) is 0 Å². The molecule has 1 aliphatic heterocycles. The maximum absolute atomic E-state index is 12.9. The van der Waals surface area contributed by atoms with E-state index >= 15 is 0 Å². The lowest BCUT2D eigenvalue weighted by molar-refractivity contribution is -0.115. The van der Waals surface area contributed by atoms with E-state index < -0.39 is 0 Å². The van der Waals surface area contributed by atoms with E-state index in [0.29, 0.717) is 31.7 Å². The first-order valence-electron chi connectivity index (χ1n) is 9.54. The highest BCUT2D eigenvalue weighted by Gasteiger charge is 2.24. The van der Waals surface area contributed by atoms with Crippen molar-refractivity contribution in [3.8, 4) is 11.1 Å². The second kappa shape index (κ2) is 9.27. The number of anilines is 1. The second-order valence-electron chi connectivity index (χ2n) is 6.83. The molecule has 0 unspecified atom stereocenters. The zero-order valence-electron chi connectivity index (χ0n) is 16.2. The Hall–Kier alpha value is -2.91. The van der Waals surface area contributed by atoms with Crippen LogP contribution in [0, 0.1) is 0 Å². The van der Waals surface area contributed by atoms with E-state index in [2.05, 4.69) is 27.2 Å². The summed E-state index contributed by atoms with van der Waals surface area (Å²) in [5, 5.41) is 9.11. The maximum atomic E-state index is 12.9. The summed E-state index contributed by atoms with van der Waals surface area (Å²) in [6.45, 7) is 2.65. The van der Waals surface area contributed by atoms with Gasteiger partial charge in [-0.1, -0.05) is 65.6 Å². The largest absolute Gasteiger partial charge is 0.369 e. The van der Waals surface area contributed by atoms with Crippen molar-refractivity contribution in [1.82, 2.24) is 15.1 Å². The lowest BCUT2D eigenvalue weighted by atomic mass is 10.0. The van der Waals surface area contributed by atoms with Crippen LogP contribution in [0.15, 0.2) is 58.9 Å². The third-order valence-corrected chi connectivity index (χ3v) is 6.95. The van der Waals surface area contributed by atoms with Crippen LogP contribution >= 0.6 is 23.1 Å². The van der Waals surface area contributed by atoms with Gasteiger partial charge in [-0.2, -0.15) is 0 Å². The molecule has 1 aliphatic rings. The molecule has 2 N–H and O–H groups in total. The first-order valence-corrected chi connectivity index (χ1v) is 11.3. The summed E-state index contributed by atoms with van der Waals surface area (Å²) in [5.41, 5.74) is 8.10. The summed E-state index contributed by atoms with van der Waals surface area (Å²) in [6, 6.07) is 17.9. The van der Waals surface area contributed by atoms with E-state index in [0.717, 1.165) is 20.6 Å². The average Bonchev–Trinajstić information content (AvgIpc) is 3.27. The summed E-state index contributed by atoms with van der Waals surface area (Å²) < 4.78 is 0.723. The van der Waals surface area contributed by atoms with E-state index in [1.54, 1.807) is 0 Å². The molecule has 3 aromatic rings. The van der Waals surface area contributed by atoms with Gasteiger partial charge in [0.1, 0.15) is 0 Å². The van der Waals surface area contributed by atoms with Crippen molar-refractivity contribution in [2.45, 2.75) is 4.34 Å². The van der Waals surface area contributed by atoms with Crippen LogP contribution in [0.1, 0.15) is 10.4 Å². The van der Waals surface area contributed by atoms with Crippen molar-refractivity contribution in [2.24, 2.45) is 5.73 Å². The molecule has 9 heteroatoms. The number of amides is 2. The molecule has 1 fully saturated rings. The molecule has 0 atom stereocenters. The number of carbonyl (C=O) groups excluding carboxylic acids is 2. The normalized spacial score (nSPS) is 14.0. The van der Waals surface area contributed by atoms with Crippen LogP contribution in [0.4, 0.5) is 5.13 Å². The number of carbonyl (C=O) groups is 2. The average molecular weight is 440 g/mol. The van der Waals surface area contributed by atoms with Crippen molar-refractivity contribution in [1.29, 1.82) is 0 Å². The molecule has 1 aromatic heterocycles. The lowest BCUT2D eigenvalue weighted by Gasteiger charge is -2.34. The molecule has 0 spiro atoms. The number of primary amides is 1. The highest BCUT2D eigenvalue weighted by atomic mass is 32.2. The number of benzene rings is 2. The van der Waals surface area contributed by atoms with Crippen molar-refractivity contribution >= 4 is 40.0 Å². The van der Waals surface area contributed by atoms with E-state index in [9.17, 15) is 9.59 Å². The van der Waals surface area contributed by atoms with Gasteiger partial charge in [0.2, 0.25) is 11.0 Å². The van der Waals surface area contributed by atoms with Gasteiger partial charge < -0.3 is 15.5 Å². The molecule has 0 aliphatic carbocycles. The summed E-state index contributed by atoms with van der Waals surface area (Å²) in [4.78, 5) is 27.8. The van der Waals surface area contributed by atoms with Gasteiger partial charge in [0.15, 0.2) is 4.34 Å². The third kappa shape index (κ3) is 4.80. The molecule has 2 heterocycles. The quantitative estimate of drug-likeness (QED) is 0.594. The van der Waals surface area contributed by atoms with Crippen LogP contribution < -0.4 is 10.6 Å². The number of hydrogen-bond donors (Lipinski definition) is 1. The van der Waals surface area contributed by atoms with Gasteiger partial charge in [-0.25, -0.2) is 0 Å². The van der Waals surface area contributed by atoms with Gasteiger partial charge in [0, 0.05) is 31.7 Å². The molecule has 1 saturated heterocycles. The van der Waals surface area contributed by atoms with Crippen LogP contribution in [0.5, 0.6) is 0 Å². The standard InChI is InChI=1S/C21H21N5O2S2/c22-18(27)14-29-21-24-23-20(30-21)26-12-10-25(11-13-26)19(28)17-8-6-16(7-9-17)15-4-2-1-3-5-15/h1-9H,10-14H2,(H2,22,27). The molecule has 2 aromatic carbocycles. The van der Waals surface area contributed by atoms with Gasteiger partial charge in [-0.15, -0.1) is 10.2 Å². The highest BCUT2D eigenvalue weighted by Crippen LogP contribution is 2.28. The molecular weight excluding hydrogens is 418 g/mol. The van der Waals surface area contributed by atoms with Crippen molar-refractivity contribution in [3.63, 3.8) is 0 Å². The van der Waals surface area contributed by atoms with E-state index in [4.69, 9.17) is 5.73 Å². The Morgan fingerprint density at radius 2 is 1.60 bits per heavy atom. The zero-order valence-corrected chi connectivity index (χ0v) is 17.9. The van der Waals surface area contributed by atoms with Crippen molar-refractivity contribution in [3.05, 3.63) is 60.2 Å². The van der Waals surface area contributed by atoms with E-state index in [1.807, 2.05) is 47.4 Å². The zero-order chi connectivity index (χ0) is 20.9. The summed E-state index contributed by atoms with van der Waals surface area (Å²) in [6.07, 6.45) is 0. The van der Waals surface area contributed by atoms with E-state index in [1.165, 1.54) is 23.1 Å². The van der Waals surface area contributed by atoms with Gasteiger partial charge >= 0.3 is 0 Å². The fourth-order valence-corrected chi connectivity index (χ4v) is 4.87. The monoisotopic (exact) mass is 439 g/mol. The van der Waals surface area contributed by atoms with Gasteiger partial charge in [0.05, 0.1) is 5.75 Å². The Kier molecular flexibility index (Phi) is 6.29. The molecule has 154 valence electrons. The Morgan fingerprint density at radius 3 is 2.27 bits per heavy atom. The summed E-state index contributed by atoms with van der Waals surface area (Å²) in [5.74, 6) is -0.134. The molecule has 0 bridgehead atoms. The number of nitrogens with zero attached hydrogens (tertiary/aromatic N) is 4. The van der Waals surface area contributed by atoms with Crippen LogP contribution in [-0.4, -0.2) is 58.8 Å². The first-order chi connectivity index (χ1) is 14.6. The van der Waals surface area contributed by atoms with Crippen molar-refractivity contribution < 1.29 is 9.59 Å². The second-order valence-corrected chi connectivity index (χ2v) is 9.01. The van der Waals surface area contributed by atoms with Gasteiger partial charge in [0.25, 0.3) is 5.91 Å².